The second-order valence-corrected chi connectivity index (χ2v) is 4.91. The number of aryl methyl sites for hydroxylation is 1. The highest BCUT2D eigenvalue weighted by atomic mass is 35.5. The van der Waals surface area contributed by atoms with Crippen LogP contribution in [0.4, 0.5) is 13.2 Å². The number of carboxylic acid groups (broad SMARTS) is 1. The Morgan fingerprint density at radius 1 is 1.26 bits per heavy atom. The molecule has 1 aromatic heterocycles. The molecular weight excluding hydrogens is 362 g/mol. The van der Waals surface area contributed by atoms with Gasteiger partial charge in [0, 0.05) is 38.4 Å². The Hall–Kier alpha value is -1.48. The molecule has 0 saturated carbocycles. The number of nitrogens with zero attached hydrogens (tertiary/aromatic N) is 3. The largest absolute Gasteiger partial charge is 0.481 e. The fraction of sp³-hybridized carbons (Fsp3) is 0.583. The molecule has 132 valence electrons. The summed E-state index contributed by atoms with van der Waals surface area (Å²) in [4.78, 5) is 23.8. The van der Waals surface area contributed by atoms with Crippen molar-refractivity contribution in [3.8, 4) is 0 Å². The van der Waals surface area contributed by atoms with Crippen molar-refractivity contribution in [3.05, 3.63) is 18.5 Å². The van der Waals surface area contributed by atoms with E-state index >= 15 is 0 Å². The molecule has 6 nitrogen and oxygen atoms in total. The van der Waals surface area contributed by atoms with Crippen molar-refractivity contribution in [2.24, 2.45) is 11.8 Å². The number of amides is 1. The van der Waals surface area contributed by atoms with Crippen LogP contribution >= 0.6 is 24.8 Å². The number of carbonyl (C=O) groups excluding carboxylic acids is 1. The monoisotopic (exact) mass is 377 g/mol. The first kappa shape index (κ1) is 21.5. The van der Waals surface area contributed by atoms with E-state index in [4.69, 9.17) is 5.11 Å². The van der Waals surface area contributed by atoms with Gasteiger partial charge in [-0.2, -0.15) is 18.3 Å². The number of aliphatic carboxylic acids is 1. The summed E-state index contributed by atoms with van der Waals surface area (Å²) in [5.41, 5.74) is 0. The topological polar surface area (TPSA) is 75.4 Å². The Morgan fingerprint density at radius 3 is 2.35 bits per heavy atom. The molecular formula is C12H16Cl2F3N3O3. The van der Waals surface area contributed by atoms with Crippen LogP contribution in [0.5, 0.6) is 0 Å². The molecule has 11 heteroatoms. The number of rotatable bonds is 4. The van der Waals surface area contributed by atoms with Gasteiger partial charge in [0.15, 0.2) is 0 Å². The van der Waals surface area contributed by atoms with Crippen LogP contribution in [-0.2, 0) is 16.1 Å². The summed E-state index contributed by atoms with van der Waals surface area (Å²) in [6.45, 7) is -0.757. The molecule has 1 fully saturated rings. The minimum atomic E-state index is -4.62. The van der Waals surface area contributed by atoms with Crippen molar-refractivity contribution in [2.75, 3.05) is 13.1 Å². The van der Waals surface area contributed by atoms with E-state index in [1.807, 2.05) is 0 Å². The van der Waals surface area contributed by atoms with Gasteiger partial charge in [-0.25, -0.2) is 0 Å². The van der Waals surface area contributed by atoms with Gasteiger partial charge < -0.3 is 10.0 Å². The Kier molecular flexibility index (Phi) is 7.85. The standard InChI is InChI=1S/C12H14F3N3O3.2ClH/c13-12(14,15)9-7-17(6-8(9)11(20)21)10(19)2-5-18-4-1-3-16-18;;/h1,3-4,8-9H,2,5-7H2,(H,20,21);2*1H/t8-,9-;;/m1../s1. The molecule has 2 heterocycles. The van der Waals surface area contributed by atoms with Crippen LogP contribution in [0.3, 0.4) is 0 Å². The predicted molar refractivity (Wildman–Crippen MR) is 78.6 cm³/mol. The zero-order valence-corrected chi connectivity index (χ0v) is 13.4. The lowest BCUT2D eigenvalue weighted by molar-refractivity contribution is -0.188. The zero-order chi connectivity index (χ0) is 15.6. The first-order chi connectivity index (χ1) is 9.79. The third-order valence-corrected chi connectivity index (χ3v) is 3.52. The van der Waals surface area contributed by atoms with Crippen LogP contribution in [-0.4, -0.2) is 50.9 Å². The van der Waals surface area contributed by atoms with E-state index < -0.39 is 43.0 Å². The van der Waals surface area contributed by atoms with Gasteiger partial charge >= 0.3 is 12.1 Å². The summed E-state index contributed by atoms with van der Waals surface area (Å²) in [6, 6.07) is 1.67. The third-order valence-electron chi connectivity index (χ3n) is 3.52. The normalized spacial score (nSPS) is 20.6. The minimum absolute atomic E-state index is 0. The molecule has 23 heavy (non-hydrogen) atoms. The fourth-order valence-corrected chi connectivity index (χ4v) is 2.39. The van der Waals surface area contributed by atoms with Crippen molar-refractivity contribution in [2.45, 2.75) is 19.1 Å². The predicted octanol–water partition coefficient (Wildman–Crippen LogP) is 1.84. The van der Waals surface area contributed by atoms with Gasteiger partial charge in [0.25, 0.3) is 0 Å². The third kappa shape index (κ3) is 5.28. The van der Waals surface area contributed by atoms with Crippen molar-refractivity contribution in [3.63, 3.8) is 0 Å². The number of aromatic nitrogens is 2. The van der Waals surface area contributed by atoms with E-state index in [9.17, 15) is 22.8 Å². The molecule has 1 N–H and O–H groups in total. The van der Waals surface area contributed by atoms with Crippen LogP contribution in [0.25, 0.3) is 0 Å². The van der Waals surface area contributed by atoms with Crippen LogP contribution in [0.1, 0.15) is 6.42 Å². The molecule has 0 aliphatic carbocycles. The fourth-order valence-electron chi connectivity index (χ4n) is 2.39. The summed E-state index contributed by atoms with van der Waals surface area (Å²) in [7, 11) is 0. The van der Waals surface area contributed by atoms with E-state index in [2.05, 4.69) is 5.10 Å². The second-order valence-electron chi connectivity index (χ2n) is 4.91. The van der Waals surface area contributed by atoms with Gasteiger partial charge in [-0.15, -0.1) is 24.8 Å². The summed E-state index contributed by atoms with van der Waals surface area (Å²) in [5.74, 6) is -5.63. The summed E-state index contributed by atoms with van der Waals surface area (Å²) < 4.78 is 39.9. The summed E-state index contributed by atoms with van der Waals surface area (Å²) >= 11 is 0. The quantitative estimate of drug-likeness (QED) is 0.868. The van der Waals surface area contributed by atoms with Gasteiger partial charge in [0.1, 0.15) is 0 Å². The molecule has 0 unspecified atom stereocenters. The Balaban J connectivity index is 0.00000242. The molecule has 1 saturated heterocycles. The maximum Gasteiger partial charge on any atom is 0.394 e. The molecule has 1 aromatic rings. The number of alkyl halides is 3. The minimum Gasteiger partial charge on any atom is -0.481 e. The van der Waals surface area contributed by atoms with Crippen molar-refractivity contribution in [1.29, 1.82) is 0 Å². The molecule has 1 aliphatic rings. The first-order valence-electron chi connectivity index (χ1n) is 6.33. The number of hydrogen-bond acceptors (Lipinski definition) is 3. The lowest BCUT2D eigenvalue weighted by atomic mass is 9.96. The number of halogens is 5. The Labute approximate surface area is 142 Å². The van der Waals surface area contributed by atoms with Gasteiger partial charge in [-0.3, -0.25) is 14.3 Å². The maximum absolute atomic E-state index is 12.8. The summed E-state index contributed by atoms with van der Waals surface area (Å²) in [5, 5.41) is 12.8. The van der Waals surface area contributed by atoms with Gasteiger partial charge in [-0.1, -0.05) is 0 Å². The molecule has 0 bridgehead atoms. The first-order valence-corrected chi connectivity index (χ1v) is 6.33. The van der Waals surface area contributed by atoms with Gasteiger partial charge in [0.2, 0.25) is 5.91 Å². The highest BCUT2D eigenvalue weighted by Crippen LogP contribution is 2.37. The highest BCUT2D eigenvalue weighted by molar-refractivity contribution is 5.85. The average Bonchev–Trinajstić information content (AvgIpc) is 3.04. The number of hydrogen-bond donors (Lipinski definition) is 1. The zero-order valence-electron chi connectivity index (χ0n) is 11.8. The van der Waals surface area contributed by atoms with Gasteiger partial charge in [0.05, 0.1) is 11.8 Å². The smallest absolute Gasteiger partial charge is 0.394 e. The number of carbonyl (C=O) groups is 2. The van der Waals surface area contributed by atoms with E-state index in [1.54, 1.807) is 12.3 Å². The second kappa shape index (κ2) is 8.39. The summed E-state index contributed by atoms with van der Waals surface area (Å²) in [6.07, 6.45) is -1.48. The lowest BCUT2D eigenvalue weighted by Gasteiger charge is -2.18. The van der Waals surface area contributed by atoms with E-state index in [0.29, 0.717) is 0 Å². The molecule has 0 spiro atoms. The molecule has 1 aliphatic heterocycles. The highest BCUT2D eigenvalue weighted by Gasteiger charge is 2.53. The van der Waals surface area contributed by atoms with E-state index in [1.165, 1.54) is 10.9 Å². The maximum atomic E-state index is 12.8. The van der Waals surface area contributed by atoms with Crippen molar-refractivity contribution in [1.82, 2.24) is 14.7 Å². The molecule has 0 aromatic carbocycles. The van der Waals surface area contributed by atoms with Crippen LogP contribution in [0.2, 0.25) is 0 Å². The average molecular weight is 378 g/mol. The van der Waals surface area contributed by atoms with E-state index in [-0.39, 0.29) is 37.8 Å². The lowest BCUT2D eigenvalue weighted by Crippen LogP contribution is -2.34. The number of carboxylic acids is 1. The molecule has 0 radical (unpaired) electrons. The van der Waals surface area contributed by atoms with Crippen molar-refractivity contribution < 1.29 is 27.9 Å². The Morgan fingerprint density at radius 2 is 1.91 bits per heavy atom. The molecule has 2 atom stereocenters. The number of likely N-dealkylation sites (tertiary alicyclic amines) is 1. The van der Waals surface area contributed by atoms with Gasteiger partial charge in [-0.05, 0) is 6.07 Å². The molecule has 1 amide bonds. The van der Waals surface area contributed by atoms with Crippen molar-refractivity contribution >= 4 is 36.7 Å². The SMILES string of the molecule is Cl.Cl.O=C(O)[C@@H]1CN(C(=O)CCn2cccn2)C[C@H]1C(F)(F)F. The Bertz CT molecular complexity index is 525. The van der Waals surface area contributed by atoms with E-state index in [0.717, 1.165) is 4.90 Å². The molecule has 2 rings (SSSR count). The van der Waals surface area contributed by atoms with Crippen LogP contribution in [0, 0.1) is 11.8 Å². The van der Waals surface area contributed by atoms with Crippen LogP contribution in [0.15, 0.2) is 18.5 Å². The van der Waals surface area contributed by atoms with Crippen LogP contribution < -0.4 is 0 Å².